The van der Waals surface area contributed by atoms with E-state index in [4.69, 9.17) is 5.73 Å². The van der Waals surface area contributed by atoms with E-state index in [9.17, 15) is 4.39 Å². The third kappa shape index (κ3) is 4.62. The first-order valence-electron chi connectivity index (χ1n) is 5.63. The molecule has 1 rings (SSSR count). The van der Waals surface area contributed by atoms with Crippen molar-refractivity contribution in [2.45, 2.75) is 33.2 Å². The predicted octanol–water partition coefficient (Wildman–Crippen LogP) is 3.00. The van der Waals surface area contributed by atoms with Crippen LogP contribution in [0.25, 0.3) is 0 Å². The predicted molar refractivity (Wildman–Crippen MR) is 66.9 cm³/mol. The molecule has 0 saturated heterocycles. The van der Waals surface area contributed by atoms with Crippen molar-refractivity contribution < 1.29 is 4.39 Å². The lowest BCUT2D eigenvalue weighted by Crippen LogP contribution is -2.32. The van der Waals surface area contributed by atoms with Crippen LogP contribution in [0.5, 0.6) is 0 Å². The highest BCUT2D eigenvalue weighted by Crippen LogP contribution is 2.22. The van der Waals surface area contributed by atoms with Crippen molar-refractivity contribution >= 4 is 5.69 Å². The summed E-state index contributed by atoms with van der Waals surface area (Å²) >= 11 is 0. The van der Waals surface area contributed by atoms with Gasteiger partial charge in [0.25, 0.3) is 0 Å². The Labute approximate surface area is 97.0 Å². The zero-order valence-electron chi connectivity index (χ0n) is 10.3. The number of rotatable bonds is 4. The number of hydrogen-bond acceptors (Lipinski definition) is 2. The minimum atomic E-state index is -0.225. The average molecular weight is 224 g/mol. The Morgan fingerprint density at radius 3 is 2.56 bits per heavy atom. The second-order valence-corrected chi connectivity index (χ2v) is 5.35. The summed E-state index contributed by atoms with van der Waals surface area (Å²) in [4.78, 5) is 0. The van der Waals surface area contributed by atoms with E-state index in [0.29, 0.717) is 6.54 Å². The van der Waals surface area contributed by atoms with Gasteiger partial charge in [0.05, 0.1) is 0 Å². The van der Waals surface area contributed by atoms with Crippen molar-refractivity contribution in [1.82, 2.24) is 0 Å². The van der Waals surface area contributed by atoms with E-state index in [1.807, 2.05) is 6.07 Å². The summed E-state index contributed by atoms with van der Waals surface area (Å²) in [6.07, 6.45) is 0.958. The molecule has 3 heteroatoms. The monoisotopic (exact) mass is 224 g/mol. The van der Waals surface area contributed by atoms with Crippen molar-refractivity contribution in [1.29, 1.82) is 0 Å². The fourth-order valence-corrected chi connectivity index (χ4v) is 1.75. The van der Waals surface area contributed by atoms with Gasteiger partial charge >= 0.3 is 0 Å². The molecule has 0 bridgehead atoms. The second-order valence-electron chi connectivity index (χ2n) is 5.35. The van der Waals surface area contributed by atoms with Crippen molar-refractivity contribution in [3.63, 3.8) is 0 Å². The molecule has 2 nitrogen and oxygen atoms in total. The maximum Gasteiger partial charge on any atom is 0.125 e. The summed E-state index contributed by atoms with van der Waals surface area (Å²) < 4.78 is 13.0. The van der Waals surface area contributed by atoms with E-state index in [1.54, 1.807) is 6.07 Å². The lowest BCUT2D eigenvalue weighted by atomic mass is 9.88. The smallest absolute Gasteiger partial charge is 0.125 e. The third-order valence-corrected chi connectivity index (χ3v) is 2.34. The fraction of sp³-hybridized carbons (Fsp3) is 0.538. The Balaban J connectivity index is 2.63. The Bertz CT molecular complexity index is 331. The van der Waals surface area contributed by atoms with Crippen molar-refractivity contribution in [3.05, 3.63) is 30.1 Å². The van der Waals surface area contributed by atoms with Gasteiger partial charge in [-0.05, 0) is 30.0 Å². The number of benzene rings is 1. The van der Waals surface area contributed by atoms with Gasteiger partial charge in [-0.3, -0.25) is 0 Å². The molecule has 1 unspecified atom stereocenters. The van der Waals surface area contributed by atoms with Gasteiger partial charge in [-0.15, -0.1) is 0 Å². The molecule has 0 amide bonds. The number of hydrogen-bond donors (Lipinski definition) is 2. The van der Waals surface area contributed by atoms with Crippen LogP contribution >= 0.6 is 0 Å². The molecule has 3 N–H and O–H groups in total. The first-order chi connectivity index (χ1) is 7.40. The van der Waals surface area contributed by atoms with Gasteiger partial charge in [0.2, 0.25) is 0 Å². The molecule has 0 radical (unpaired) electrons. The van der Waals surface area contributed by atoms with Gasteiger partial charge in [0.1, 0.15) is 5.82 Å². The van der Waals surface area contributed by atoms with E-state index in [0.717, 1.165) is 12.1 Å². The highest BCUT2D eigenvalue weighted by molar-refractivity contribution is 5.44. The molecule has 0 aliphatic heterocycles. The maximum atomic E-state index is 13.0. The Morgan fingerprint density at radius 2 is 2.06 bits per heavy atom. The van der Waals surface area contributed by atoms with Crippen molar-refractivity contribution in [2.24, 2.45) is 11.1 Å². The normalized spacial score (nSPS) is 13.6. The van der Waals surface area contributed by atoms with Crippen LogP contribution in [-0.4, -0.2) is 12.6 Å². The largest absolute Gasteiger partial charge is 0.381 e. The van der Waals surface area contributed by atoms with E-state index in [-0.39, 0.29) is 17.3 Å². The molecule has 1 aromatic carbocycles. The van der Waals surface area contributed by atoms with E-state index in [1.165, 1.54) is 12.1 Å². The van der Waals surface area contributed by atoms with Crippen LogP contribution in [-0.2, 0) is 0 Å². The van der Waals surface area contributed by atoms with Gasteiger partial charge in [-0.2, -0.15) is 0 Å². The van der Waals surface area contributed by atoms with Crippen LogP contribution in [0.3, 0.4) is 0 Å². The van der Waals surface area contributed by atoms with Crippen molar-refractivity contribution in [2.75, 3.05) is 11.9 Å². The van der Waals surface area contributed by atoms with Crippen LogP contribution in [0.1, 0.15) is 27.2 Å². The minimum Gasteiger partial charge on any atom is -0.381 e. The fourth-order valence-electron chi connectivity index (χ4n) is 1.75. The first-order valence-corrected chi connectivity index (χ1v) is 5.63. The molecule has 0 aliphatic rings. The number of nitrogens with two attached hydrogens (primary N) is 1. The highest BCUT2D eigenvalue weighted by Gasteiger charge is 2.17. The second kappa shape index (κ2) is 5.30. The molecular formula is C13H21FN2. The quantitative estimate of drug-likeness (QED) is 0.825. The lowest BCUT2D eigenvalue weighted by Gasteiger charge is -2.26. The van der Waals surface area contributed by atoms with Crippen LogP contribution in [0.15, 0.2) is 24.3 Å². The molecule has 0 heterocycles. The van der Waals surface area contributed by atoms with Crippen LogP contribution in [0.2, 0.25) is 0 Å². The summed E-state index contributed by atoms with van der Waals surface area (Å²) in [7, 11) is 0. The molecule has 0 fully saturated rings. The summed E-state index contributed by atoms with van der Waals surface area (Å²) in [6.45, 7) is 7.06. The maximum absolute atomic E-state index is 13.0. The van der Waals surface area contributed by atoms with E-state index >= 15 is 0 Å². The lowest BCUT2D eigenvalue weighted by molar-refractivity contribution is 0.351. The molecule has 0 aromatic heterocycles. The van der Waals surface area contributed by atoms with Gasteiger partial charge < -0.3 is 11.1 Å². The number of anilines is 1. The van der Waals surface area contributed by atoms with Crippen molar-refractivity contribution in [3.8, 4) is 0 Å². The van der Waals surface area contributed by atoms with Gasteiger partial charge in [-0.1, -0.05) is 26.8 Å². The summed E-state index contributed by atoms with van der Waals surface area (Å²) in [5, 5.41) is 3.26. The zero-order valence-corrected chi connectivity index (χ0v) is 10.3. The van der Waals surface area contributed by atoms with Crippen LogP contribution < -0.4 is 11.1 Å². The summed E-state index contributed by atoms with van der Waals surface area (Å²) in [5.41, 5.74) is 6.71. The number of nitrogens with one attached hydrogen (secondary N) is 1. The van der Waals surface area contributed by atoms with Crippen LogP contribution in [0, 0.1) is 11.2 Å². The van der Waals surface area contributed by atoms with Gasteiger partial charge in [0.15, 0.2) is 0 Å². The molecule has 16 heavy (non-hydrogen) atoms. The zero-order chi connectivity index (χ0) is 12.2. The molecule has 90 valence electrons. The third-order valence-electron chi connectivity index (χ3n) is 2.34. The molecular weight excluding hydrogens is 203 g/mol. The SMILES string of the molecule is CC(C)(C)CC(CN)Nc1cccc(F)c1. The molecule has 0 aliphatic carbocycles. The number of halogens is 1. The standard InChI is InChI=1S/C13H21FN2/c1-13(2,3)8-12(9-15)16-11-6-4-5-10(14)7-11/h4-7,12,16H,8-9,15H2,1-3H3. The van der Waals surface area contributed by atoms with Gasteiger partial charge in [-0.25, -0.2) is 4.39 Å². The Hall–Kier alpha value is -1.09. The van der Waals surface area contributed by atoms with Gasteiger partial charge in [0, 0.05) is 18.3 Å². The molecule has 0 spiro atoms. The van der Waals surface area contributed by atoms with E-state index < -0.39 is 0 Å². The summed E-state index contributed by atoms with van der Waals surface area (Å²) in [6, 6.07) is 6.66. The highest BCUT2D eigenvalue weighted by atomic mass is 19.1. The Kier molecular flexibility index (Phi) is 4.30. The first kappa shape index (κ1) is 13.0. The minimum absolute atomic E-state index is 0.182. The summed E-state index contributed by atoms with van der Waals surface area (Å²) in [5.74, 6) is -0.225. The van der Waals surface area contributed by atoms with E-state index in [2.05, 4.69) is 26.1 Å². The topological polar surface area (TPSA) is 38.0 Å². The molecule has 0 saturated carbocycles. The average Bonchev–Trinajstić information content (AvgIpc) is 2.14. The molecule has 1 atom stereocenters. The van der Waals surface area contributed by atoms with Crippen LogP contribution in [0.4, 0.5) is 10.1 Å². The molecule has 1 aromatic rings. The Morgan fingerprint density at radius 1 is 1.38 bits per heavy atom.